The van der Waals surface area contributed by atoms with E-state index < -0.39 is 83.4 Å². The molecule has 2 heterocycles. The normalized spacial score (nSPS) is 14.0. The van der Waals surface area contributed by atoms with Gasteiger partial charge in [0.05, 0.1) is 18.3 Å². The molecule has 306 valence electrons. The second-order valence-corrected chi connectivity index (χ2v) is 15.8. The fraction of sp³-hybridized carbons (Fsp3) is 0.439. The zero-order valence-electron chi connectivity index (χ0n) is 33.0. The quantitative estimate of drug-likeness (QED) is 0.131. The van der Waals surface area contributed by atoms with E-state index in [1.165, 1.54) is 4.90 Å². The molecule has 16 heteroatoms. The second-order valence-electron chi connectivity index (χ2n) is 15.8. The molecule has 0 saturated heterocycles. The summed E-state index contributed by atoms with van der Waals surface area (Å²) in [7, 11) is 0. The lowest BCUT2D eigenvalue weighted by atomic mass is 9.84. The van der Waals surface area contributed by atoms with Crippen molar-refractivity contribution in [2.45, 2.75) is 85.0 Å². The van der Waals surface area contributed by atoms with Crippen LogP contribution >= 0.6 is 0 Å². The standard InChI is InChI=1S/C41H50F2N6O8/c1-40(2,3)36(37-45-32(29-21-27(42)14-15-30(29)43)24-47(37)22-26-11-8-7-9-12-26)48(35(54)25-50)20-18-31(46-39(56)57-41(4,5)6)38(55)44-19-10-13-28(51)23-49-33(52)16-17-34(49)53/h7-9,11-12,14-17,21,24,31,36,50H,10,13,18-20,22-23,25H2,1-6H3,(H,44,55)(H,46,56)/t31-,36-/m0/s1. The Morgan fingerprint density at radius 1 is 0.965 bits per heavy atom. The maximum Gasteiger partial charge on any atom is 0.408 e. The SMILES string of the molecule is CC(C)(C)OC(=O)N[C@@H](CCN(C(=O)CO)[C@@H](c1nc(-c2cc(F)ccc2F)cn1Cc1ccccc1)C(C)(C)C)C(=O)NCCCC(=O)CN1C(=O)C=CC1=O. The molecule has 0 aliphatic carbocycles. The molecule has 57 heavy (non-hydrogen) atoms. The van der Waals surface area contributed by atoms with Gasteiger partial charge in [0, 0.05) is 50.0 Å². The molecule has 0 unspecified atom stereocenters. The van der Waals surface area contributed by atoms with E-state index in [4.69, 9.17) is 9.72 Å². The van der Waals surface area contributed by atoms with Gasteiger partial charge in [-0.15, -0.1) is 0 Å². The number of hydrogen-bond acceptors (Lipinski definition) is 9. The summed E-state index contributed by atoms with van der Waals surface area (Å²) >= 11 is 0. The van der Waals surface area contributed by atoms with Gasteiger partial charge in [-0.2, -0.15) is 0 Å². The van der Waals surface area contributed by atoms with E-state index in [1.807, 2.05) is 51.1 Å². The minimum absolute atomic E-state index is 0.00253. The average Bonchev–Trinajstić information content (AvgIpc) is 3.68. The van der Waals surface area contributed by atoms with E-state index in [9.17, 15) is 38.3 Å². The van der Waals surface area contributed by atoms with E-state index in [1.54, 1.807) is 31.5 Å². The zero-order chi connectivity index (χ0) is 42.1. The lowest BCUT2D eigenvalue weighted by molar-refractivity contribution is -0.141. The molecule has 4 rings (SSSR count). The van der Waals surface area contributed by atoms with Crippen molar-refractivity contribution < 1.29 is 47.4 Å². The van der Waals surface area contributed by atoms with E-state index in [2.05, 4.69) is 10.6 Å². The first-order chi connectivity index (χ1) is 26.8. The van der Waals surface area contributed by atoms with Gasteiger partial charge in [0.2, 0.25) is 11.8 Å². The molecule has 0 bridgehead atoms. The number of aliphatic hydroxyl groups is 1. The molecule has 0 spiro atoms. The number of hydrogen-bond donors (Lipinski definition) is 3. The number of ether oxygens (including phenoxy) is 1. The number of Topliss-reactive ketones (excluding diaryl/α,β-unsaturated/α-hetero) is 1. The molecule has 0 fully saturated rings. The number of nitrogens with one attached hydrogen (secondary N) is 2. The van der Waals surface area contributed by atoms with Crippen LogP contribution in [0, 0.1) is 17.0 Å². The van der Waals surface area contributed by atoms with Crippen LogP contribution in [0.3, 0.4) is 0 Å². The summed E-state index contributed by atoms with van der Waals surface area (Å²) in [5.41, 5.74) is -0.840. The van der Waals surface area contributed by atoms with Crippen LogP contribution in [0.25, 0.3) is 11.3 Å². The summed E-state index contributed by atoms with van der Waals surface area (Å²) in [5.74, 6) is -4.01. The lowest BCUT2D eigenvalue weighted by Crippen LogP contribution is -2.51. The maximum absolute atomic E-state index is 15.1. The van der Waals surface area contributed by atoms with Gasteiger partial charge in [-0.3, -0.25) is 28.9 Å². The summed E-state index contributed by atoms with van der Waals surface area (Å²) in [4.78, 5) is 83.3. The minimum Gasteiger partial charge on any atom is -0.444 e. The highest BCUT2D eigenvalue weighted by atomic mass is 19.1. The van der Waals surface area contributed by atoms with Crippen LogP contribution in [0.1, 0.15) is 78.2 Å². The smallest absolute Gasteiger partial charge is 0.408 e. The van der Waals surface area contributed by atoms with Crippen LogP contribution in [-0.2, 0) is 35.3 Å². The van der Waals surface area contributed by atoms with Crippen molar-refractivity contribution in [1.29, 1.82) is 0 Å². The van der Waals surface area contributed by atoms with Gasteiger partial charge >= 0.3 is 6.09 Å². The number of imidazole rings is 1. The number of aromatic nitrogens is 2. The summed E-state index contributed by atoms with van der Waals surface area (Å²) in [6, 6.07) is 10.2. The number of benzene rings is 2. The molecule has 2 atom stereocenters. The molecule has 1 aromatic heterocycles. The van der Waals surface area contributed by atoms with Gasteiger partial charge in [-0.25, -0.2) is 18.6 Å². The van der Waals surface area contributed by atoms with Gasteiger partial charge in [0.1, 0.15) is 35.7 Å². The van der Waals surface area contributed by atoms with Gasteiger partial charge < -0.3 is 29.9 Å². The van der Waals surface area contributed by atoms with Crippen LogP contribution in [0.4, 0.5) is 13.6 Å². The number of carbonyl (C=O) groups excluding carboxylic acids is 6. The Labute approximate surface area is 330 Å². The fourth-order valence-electron chi connectivity index (χ4n) is 6.31. The monoisotopic (exact) mass is 792 g/mol. The third-order valence-electron chi connectivity index (χ3n) is 8.87. The Kier molecular flexibility index (Phi) is 14.6. The van der Waals surface area contributed by atoms with Crippen molar-refractivity contribution in [3.8, 4) is 11.3 Å². The van der Waals surface area contributed by atoms with Gasteiger partial charge in [0.25, 0.3) is 11.8 Å². The molecule has 14 nitrogen and oxygen atoms in total. The van der Waals surface area contributed by atoms with Gasteiger partial charge in [-0.1, -0.05) is 51.1 Å². The topological polar surface area (TPSA) is 180 Å². The Hall–Kier alpha value is -5.77. The molecular formula is C41H50F2N6O8. The zero-order valence-corrected chi connectivity index (χ0v) is 33.0. The number of carbonyl (C=O) groups is 6. The molecular weight excluding hydrogens is 742 g/mol. The number of imide groups is 1. The molecule has 1 aliphatic heterocycles. The average molecular weight is 793 g/mol. The first-order valence-corrected chi connectivity index (χ1v) is 18.6. The number of aliphatic hydroxyl groups excluding tert-OH is 1. The van der Waals surface area contributed by atoms with Crippen LogP contribution < -0.4 is 10.6 Å². The fourth-order valence-corrected chi connectivity index (χ4v) is 6.31. The van der Waals surface area contributed by atoms with Crippen molar-refractivity contribution in [3.63, 3.8) is 0 Å². The van der Waals surface area contributed by atoms with Crippen molar-refractivity contribution in [2.24, 2.45) is 5.41 Å². The second kappa shape index (κ2) is 18.9. The summed E-state index contributed by atoms with van der Waals surface area (Å²) in [6.45, 7) is 9.21. The van der Waals surface area contributed by atoms with Crippen molar-refractivity contribution in [2.75, 3.05) is 26.2 Å². The van der Waals surface area contributed by atoms with Crippen LogP contribution in [0.2, 0.25) is 0 Å². The number of halogens is 2. The Morgan fingerprint density at radius 2 is 1.63 bits per heavy atom. The van der Waals surface area contributed by atoms with E-state index >= 15 is 4.39 Å². The van der Waals surface area contributed by atoms with E-state index in [0.717, 1.165) is 40.8 Å². The van der Waals surface area contributed by atoms with Gasteiger partial charge in [0.15, 0.2) is 5.78 Å². The highest BCUT2D eigenvalue weighted by Gasteiger charge is 2.39. The maximum atomic E-state index is 15.1. The third-order valence-corrected chi connectivity index (χ3v) is 8.87. The van der Waals surface area contributed by atoms with Gasteiger partial charge in [-0.05, 0) is 62.8 Å². The Balaban J connectivity index is 1.62. The largest absolute Gasteiger partial charge is 0.444 e. The highest BCUT2D eigenvalue weighted by molar-refractivity contribution is 6.14. The summed E-state index contributed by atoms with van der Waals surface area (Å²) in [6.07, 6.45) is 2.77. The van der Waals surface area contributed by atoms with E-state index in [0.29, 0.717) is 5.82 Å². The summed E-state index contributed by atoms with van der Waals surface area (Å²) in [5, 5.41) is 15.5. The number of amides is 5. The van der Waals surface area contributed by atoms with Crippen molar-refractivity contribution >= 4 is 35.5 Å². The number of ketones is 1. The Morgan fingerprint density at radius 3 is 2.25 bits per heavy atom. The first kappa shape index (κ1) is 44.0. The minimum atomic E-state index is -1.27. The first-order valence-electron chi connectivity index (χ1n) is 18.6. The van der Waals surface area contributed by atoms with Crippen molar-refractivity contribution in [3.05, 3.63) is 89.9 Å². The number of nitrogens with zero attached hydrogens (tertiary/aromatic N) is 4. The summed E-state index contributed by atoms with van der Waals surface area (Å²) < 4.78 is 36.6. The molecule has 3 aromatic rings. The number of rotatable bonds is 17. The number of alkyl carbamates (subject to hydrolysis) is 1. The van der Waals surface area contributed by atoms with Crippen LogP contribution in [0.5, 0.6) is 0 Å². The Bertz CT molecular complexity index is 1970. The predicted molar refractivity (Wildman–Crippen MR) is 205 cm³/mol. The predicted octanol–water partition coefficient (Wildman–Crippen LogP) is 4.46. The highest BCUT2D eigenvalue weighted by Crippen LogP contribution is 2.39. The third kappa shape index (κ3) is 12.4. The molecule has 0 radical (unpaired) electrons. The van der Waals surface area contributed by atoms with Crippen LogP contribution in [0.15, 0.2) is 66.9 Å². The molecule has 1 aliphatic rings. The molecule has 2 aromatic carbocycles. The van der Waals surface area contributed by atoms with Crippen molar-refractivity contribution in [1.82, 2.24) is 30.0 Å². The lowest BCUT2D eigenvalue weighted by Gasteiger charge is -2.40. The van der Waals surface area contributed by atoms with E-state index in [-0.39, 0.29) is 50.2 Å². The molecule has 3 N–H and O–H groups in total. The molecule has 0 saturated carbocycles. The molecule has 5 amide bonds. The van der Waals surface area contributed by atoms with Crippen LogP contribution in [-0.4, -0.2) is 97.8 Å².